The van der Waals surface area contributed by atoms with Gasteiger partial charge in [-0.05, 0) is 18.2 Å². The van der Waals surface area contributed by atoms with Gasteiger partial charge in [-0.15, -0.1) is 0 Å². The molecule has 3 nitrogen and oxygen atoms in total. The summed E-state index contributed by atoms with van der Waals surface area (Å²) in [6.45, 7) is -0.849. The number of aromatic nitrogens is 1. The Kier molecular flexibility index (Phi) is 2.90. The van der Waals surface area contributed by atoms with Crippen LogP contribution in [0.5, 0.6) is 0 Å². The molecule has 1 heterocycles. The fraction of sp³-hybridized carbons (Fsp3) is 0.250. The minimum absolute atomic E-state index is 0.192. The monoisotopic (exact) mass is 221 g/mol. The molecule has 0 aliphatic heterocycles. The average molecular weight is 221 g/mol. The van der Waals surface area contributed by atoms with Gasteiger partial charge in [0.05, 0.1) is 5.56 Å². The van der Waals surface area contributed by atoms with E-state index in [1.165, 1.54) is 0 Å². The number of esters is 1. The van der Waals surface area contributed by atoms with Crippen LogP contribution in [0.1, 0.15) is 10.4 Å². The molecule has 0 aliphatic rings. The maximum atomic E-state index is 11.9. The summed E-state index contributed by atoms with van der Waals surface area (Å²) >= 11 is 0. The zero-order chi connectivity index (χ0) is 11.5. The van der Waals surface area contributed by atoms with Crippen LogP contribution < -0.4 is 0 Å². The highest BCUT2D eigenvalue weighted by atomic mass is 19.1. The van der Waals surface area contributed by atoms with Gasteiger partial charge in [0.1, 0.15) is 13.3 Å². The molecule has 0 unspecified atom stereocenters. The number of nitrogens with zero attached hydrogens (tertiary/aromatic N) is 1. The maximum Gasteiger partial charge on any atom is 0.338 e. The molecule has 0 fully saturated rings. The second-order valence-corrected chi connectivity index (χ2v) is 3.49. The summed E-state index contributed by atoms with van der Waals surface area (Å²) in [5.41, 5.74) is 1.43. The smallest absolute Gasteiger partial charge is 0.338 e. The Bertz CT molecular complexity index is 519. The lowest BCUT2D eigenvalue weighted by molar-refractivity contribution is 0.0483. The van der Waals surface area contributed by atoms with Crippen LogP contribution in [0.25, 0.3) is 10.9 Å². The van der Waals surface area contributed by atoms with Crippen molar-refractivity contribution < 1.29 is 13.9 Å². The van der Waals surface area contributed by atoms with Crippen molar-refractivity contribution in [1.82, 2.24) is 4.57 Å². The molecular formula is C12H12FNO2. The fourth-order valence-electron chi connectivity index (χ4n) is 1.69. The number of alkyl halides is 1. The molecule has 0 radical (unpaired) electrons. The number of hydrogen-bond acceptors (Lipinski definition) is 2. The first kappa shape index (κ1) is 10.7. The van der Waals surface area contributed by atoms with Crippen molar-refractivity contribution in [2.45, 2.75) is 0 Å². The summed E-state index contributed by atoms with van der Waals surface area (Å²) in [6, 6.07) is 7.24. The van der Waals surface area contributed by atoms with Gasteiger partial charge in [-0.25, -0.2) is 9.18 Å². The molecule has 4 heteroatoms. The Morgan fingerprint density at radius 2 is 2.25 bits per heavy atom. The van der Waals surface area contributed by atoms with Crippen molar-refractivity contribution in [2.75, 3.05) is 13.3 Å². The topological polar surface area (TPSA) is 31.2 Å². The molecule has 84 valence electrons. The number of carbonyl (C=O) groups excluding carboxylic acids is 1. The number of halogens is 1. The first-order valence-electron chi connectivity index (χ1n) is 5.01. The number of benzene rings is 1. The molecule has 0 spiro atoms. The number of hydrogen-bond donors (Lipinski definition) is 0. The van der Waals surface area contributed by atoms with Crippen LogP contribution in [-0.2, 0) is 11.8 Å². The van der Waals surface area contributed by atoms with E-state index in [1.54, 1.807) is 12.1 Å². The molecular weight excluding hydrogens is 209 g/mol. The molecule has 0 saturated carbocycles. The van der Waals surface area contributed by atoms with Crippen LogP contribution in [0.4, 0.5) is 4.39 Å². The Labute approximate surface area is 92.4 Å². The van der Waals surface area contributed by atoms with E-state index >= 15 is 0 Å². The van der Waals surface area contributed by atoms with E-state index in [-0.39, 0.29) is 6.61 Å². The second kappa shape index (κ2) is 4.35. The lowest BCUT2D eigenvalue weighted by Gasteiger charge is -2.04. The zero-order valence-corrected chi connectivity index (χ0v) is 8.94. The summed E-state index contributed by atoms with van der Waals surface area (Å²) in [5, 5.41) is 0.828. The third-order valence-electron chi connectivity index (χ3n) is 2.46. The van der Waals surface area contributed by atoms with Gasteiger partial charge in [0.15, 0.2) is 0 Å². The number of rotatable bonds is 3. The Morgan fingerprint density at radius 3 is 3.00 bits per heavy atom. The molecule has 2 aromatic rings. The van der Waals surface area contributed by atoms with Crippen LogP contribution in [0.3, 0.4) is 0 Å². The van der Waals surface area contributed by atoms with Gasteiger partial charge in [0.2, 0.25) is 0 Å². The zero-order valence-electron chi connectivity index (χ0n) is 8.94. The molecule has 0 saturated heterocycles. The summed E-state index contributed by atoms with van der Waals surface area (Å²) in [6.07, 6.45) is 1.87. The van der Waals surface area contributed by atoms with Crippen LogP contribution in [0, 0.1) is 0 Å². The summed E-state index contributed by atoms with van der Waals surface area (Å²) < 4.78 is 18.6. The lowest BCUT2D eigenvalue weighted by Crippen LogP contribution is -2.07. The second-order valence-electron chi connectivity index (χ2n) is 3.49. The molecule has 0 amide bonds. The first-order valence-corrected chi connectivity index (χ1v) is 5.01. The van der Waals surface area contributed by atoms with E-state index < -0.39 is 12.6 Å². The van der Waals surface area contributed by atoms with Crippen molar-refractivity contribution in [2.24, 2.45) is 7.05 Å². The number of carbonyl (C=O) groups is 1. The molecule has 0 atom stereocenters. The third kappa shape index (κ3) is 1.78. The van der Waals surface area contributed by atoms with Crippen LogP contribution in [0.2, 0.25) is 0 Å². The maximum absolute atomic E-state index is 11.9. The van der Waals surface area contributed by atoms with Crippen molar-refractivity contribution in [1.29, 1.82) is 0 Å². The molecule has 0 aliphatic carbocycles. The van der Waals surface area contributed by atoms with E-state index in [0.29, 0.717) is 5.56 Å². The first-order chi connectivity index (χ1) is 7.74. The van der Waals surface area contributed by atoms with Gasteiger partial charge in [-0.2, -0.15) is 0 Å². The van der Waals surface area contributed by atoms with E-state index in [9.17, 15) is 9.18 Å². The highest BCUT2D eigenvalue weighted by Crippen LogP contribution is 2.20. The summed E-state index contributed by atoms with van der Waals surface area (Å²) in [4.78, 5) is 11.6. The van der Waals surface area contributed by atoms with Gasteiger partial charge in [0.25, 0.3) is 0 Å². The van der Waals surface area contributed by atoms with E-state index in [2.05, 4.69) is 0 Å². The number of fused-ring (bicyclic) bond motifs is 1. The Hall–Kier alpha value is -1.84. The SMILES string of the molecule is Cn1ccc2c(C(=O)OCCF)cccc21. The van der Waals surface area contributed by atoms with E-state index in [4.69, 9.17) is 4.74 Å². The third-order valence-corrected chi connectivity index (χ3v) is 2.46. The van der Waals surface area contributed by atoms with Crippen molar-refractivity contribution in [3.63, 3.8) is 0 Å². The average Bonchev–Trinajstić information content (AvgIpc) is 2.68. The van der Waals surface area contributed by atoms with Crippen LogP contribution in [0.15, 0.2) is 30.5 Å². The minimum atomic E-state index is -0.656. The fourth-order valence-corrected chi connectivity index (χ4v) is 1.69. The molecule has 0 bridgehead atoms. The van der Waals surface area contributed by atoms with Gasteiger partial charge >= 0.3 is 5.97 Å². The predicted octanol–water partition coefficient (Wildman–Crippen LogP) is 2.30. The van der Waals surface area contributed by atoms with Crippen molar-refractivity contribution in [3.05, 3.63) is 36.0 Å². The minimum Gasteiger partial charge on any atom is -0.459 e. The van der Waals surface area contributed by atoms with E-state index in [0.717, 1.165) is 10.9 Å². The summed E-state index contributed by atoms with van der Waals surface area (Å²) in [5.74, 6) is -0.477. The Morgan fingerprint density at radius 1 is 1.44 bits per heavy atom. The van der Waals surface area contributed by atoms with Gasteiger partial charge < -0.3 is 9.30 Å². The summed E-state index contributed by atoms with van der Waals surface area (Å²) in [7, 11) is 1.90. The lowest BCUT2D eigenvalue weighted by atomic mass is 10.1. The molecule has 16 heavy (non-hydrogen) atoms. The van der Waals surface area contributed by atoms with Gasteiger partial charge in [0, 0.05) is 24.1 Å². The molecule has 1 aromatic carbocycles. The van der Waals surface area contributed by atoms with Crippen molar-refractivity contribution >= 4 is 16.9 Å². The van der Waals surface area contributed by atoms with Gasteiger partial charge in [-0.3, -0.25) is 0 Å². The Balaban J connectivity index is 2.40. The highest BCUT2D eigenvalue weighted by molar-refractivity contribution is 6.03. The molecule has 1 aromatic heterocycles. The molecule has 0 N–H and O–H groups in total. The van der Waals surface area contributed by atoms with Gasteiger partial charge in [-0.1, -0.05) is 6.07 Å². The number of aryl methyl sites for hydroxylation is 1. The van der Waals surface area contributed by atoms with Crippen LogP contribution >= 0.6 is 0 Å². The van der Waals surface area contributed by atoms with Crippen molar-refractivity contribution in [3.8, 4) is 0 Å². The van der Waals surface area contributed by atoms with Crippen LogP contribution in [-0.4, -0.2) is 23.8 Å². The largest absolute Gasteiger partial charge is 0.459 e. The highest BCUT2D eigenvalue weighted by Gasteiger charge is 2.12. The quantitative estimate of drug-likeness (QED) is 0.745. The van der Waals surface area contributed by atoms with E-state index in [1.807, 2.05) is 29.9 Å². The molecule has 2 rings (SSSR count). The standard InChI is InChI=1S/C12H12FNO2/c1-14-7-5-9-10(3-2-4-11(9)14)12(15)16-8-6-13/h2-5,7H,6,8H2,1H3. The number of ether oxygens (including phenoxy) is 1. The normalized spacial score (nSPS) is 10.6. The predicted molar refractivity (Wildman–Crippen MR) is 59.2 cm³/mol.